The van der Waals surface area contributed by atoms with Crippen LogP contribution in [0.25, 0.3) is 11.4 Å². The van der Waals surface area contributed by atoms with Crippen molar-refractivity contribution in [1.82, 2.24) is 19.3 Å². The van der Waals surface area contributed by atoms with Crippen LogP contribution < -0.4 is 4.90 Å². The average Bonchev–Trinajstić information content (AvgIpc) is 3.34. The van der Waals surface area contributed by atoms with Gasteiger partial charge in [-0.1, -0.05) is 5.16 Å². The molecule has 3 heterocycles. The summed E-state index contributed by atoms with van der Waals surface area (Å²) in [6.45, 7) is 5.22. The van der Waals surface area contributed by atoms with Crippen molar-refractivity contribution in [3.05, 3.63) is 30.2 Å². The van der Waals surface area contributed by atoms with Gasteiger partial charge in [-0.3, -0.25) is 9.69 Å². The van der Waals surface area contributed by atoms with Crippen molar-refractivity contribution in [2.75, 3.05) is 50.4 Å². The number of ether oxygens (including phenoxy) is 1. The molecule has 2 atom stereocenters. The van der Waals surface area contributed by atoms with E-state index in [0.29, 0.717) is 51.0 Å². The predicted molar refractivity (Wildman–Crippen MR) is 109 cm³/mol. The molecule has 2 fully saturated rings. The fourth-order valence-corrected chi connectivity index (χ4v) is 4.67. The lowest BCUT2D eigenvalue weighted by atomic mass is 10.1. The lowest BCUT2D eigenvalue weighted by Gasteiger charge is -2.34. The fraction of sp³-hybridized carbons (Fsp3) is 0.526. The number of carbonyl (C=O) groups is 1. The van der Waals surface area contributed by atoms with Crippen LogP contribution in [0.15, 0.2) is 28.8 Å². The van der Waals surface area contributed by atoms with Crippen molar-refractivity contribution < 1.29 is 22.5 Å². The molecule has 0 radical (unpaired) electrons. The first-order valence-electron chi connectivity index (χ1n) is 9.79. The van der Waals surface area contributed by atoms with Gasteiger partial charge in [-0.05, 0) is 24.3 Å². The molecule has 0 amide bonds. The minimum Gasteiger partial charge on any atom is -0.345 e. The second-order valence-electron chi connectivity index (χ2n) is 7.58. The van der Waals surface area contributed by atoms with Gasteiger partial charge >= 0.3 is 0 Å². The number of carbonyl (C=O) groups excluding carboxylic acids is 1. The average molecular weight is 436 g/mol. The Morgan fingerprint density at radius 1 is 1.17 bits per heavy atom. The van der Waals surface area contributed by atoms with Crippen molar-refractivity contribution in [3.8, 4) is 11.4 Å². The van der Waals surface area contributed by atoms with Crippen LogP contribution >= 0.6 is 0 Å². The predicted octanol–water partition coefficient (Wildman–Crippen LogP) is 0.352. The number of anilines is 1. The molecule has 0 N–H and O–H groups in total. The third kappa shape index (κ3) is 4.53. The normalized spacial score (nSPS) is 23.7. The Bertz CT molecular complexity index is 985. The molecule has 0 aliphatic carbocycles. The molecule has 30 heavy (non-hydrogen) atoms. The summed E-state index contributed by atoms with van der Waals surface area (Å²) in [6, 6.07) is 7.60. The summed E-state index contributed by atoms with van der Waals surface area (Å²) in [4.78, 5) is 19.9. The Labute approximate surface area is 175 Å². The maximum Gasteiger partial charge on any atom is 0.223 e. The molecular weight excluding hydrogens is 410 g/mol. The maximum absolute atomic E-state index is 11.7. The minimum atomic E-state index is -3.15. The highest BCUT2D eigenvalue weighted by molar-refractivity contribution is 7.88. The van der Waals surface area contributed by atoms with Crippen LogP contribution in [-0.2, 0) is 19.6 Å². The topological polar surface area (TPSA) is 109 Å². The van der Waals surface area contributed by atoms with E-state index in [1.165, 1.54) is 10.6 Å². The summed E-state index contributed by atoms with van der Waals surface area (Å²) < 4.78 is 35.8. The van der Waals surface area contributed by atoms with Crippen molar-refractivity contribution >= 4 is 22.0 Å². The SMILES string of the molecule is Cc1nc(-c2ccc(N3CC(CN4CCN(S(C)(=O)=O)CC4)OC3C=O)cc2)no1. The van der Waals surface area contributed by atoms with Gasteiger partial charge in [-0.15, -0.1) is 0 Å². The zero-order chi connectivity index (χ0) is 21.3. The van der Waals surface area contributed by atoms with E-state index >= 15 is 0 Å². The molecule has 162 valence electrons. The molecular formula is C19H25N5O5S. The van der Waals surface area contributed by atoms with Gasteiger partial charge in [0.2, 0.25) is 21.7 Å². The molecule has 0 saturated carbocycles. The Morgan fingerprint density at radius 2 is 1.87 bits per heavy atom. The molecule has 2 aromatic rings. The Morgan fingerprint density at radius 3 is 2.43 bits per heavy atom. The molecule has 2 aliphatic heterocycles. The number of nitrogens with zero attached hydrogens (tertiary/aromatic N) is 5. The van der Waals surface area contributed by atoms with Gasteiger partial charge in [0.05, 0.1) is 12.4 Å². The van der Waals surface area contributed by atoms with E-state index < -0.39 is 16.3 Å². The second kappa shape index (κ2) is 8.42. The molecule has 1 aromatic heterocycles. The fourth-order valence-electron chi connectivity index (χ4n) is 3.85. The molecule has 0 bridgehead atoms. The monoisotopic (exact) mass is 435 g/mol. The highest BCUT2D eigenvalue weighted by atomic mass is 32.2. The van der Waals surface area contributed by atoms with E-state index in [0.717, 1.165) is 17.5 Å². The molecule has 11 heteroatoms. The van der Waals surface area contributed by atoms with E-state index in [4.69, 9.17) is 9.26 Å². The van der Waals surface area contributed by atoms with Crippen LogP contribution in [0, 0.1) is 6.92 Å². The zero-order valence-corrected chi connectivity index (χ0v) is 17.8. The standard InChI is InChI=1S/C19H25N5O5S/c1-14-20-19(21-29-14)15-3-5-16(6-4-15)24-12-17(28-18(24)13-25)11-22-7-9-23(10-8-22)30(2,26)27/h3-6,13,17-18H,7-12H2,1-2H3. The van der Waals surface area contributed by atoms with Crippen LogP contribution in [0.4, 0.5) is 5.69 Å². The van der Waals surface area contributed by atoms with Gasteiger partial charge in [0, 0.05) is 57.4 Å². The smallest absolute Gasteiger partial charge is 0.223 e. The van der Waals surface area contributed by atoms with Crippen LogP contribution in [0.1, 0.15) is 5.89 Å². The first kappa shape index (κ1) is 20.9. The molecule has 0 spiro atoms. The van der Waals surface area contributed by atoms with Gasteiger partial charge in [0.25, 0.3) is 0 Å². The van der Waals surface area contributed by atoms with Gasteiger partial charge in [0.15, 0.2) is 12.5 Å². The van der Waals surface area contributed by atoms with Crippen molar-refractivity contribution in [1.29, 1.82) is 0 Å². The van der Waals surface area contributed by atoms with Gasteiger partial charge in [-0.2, -0.15) is 9.29 Å². The number of rotatable bonds is 6. The number of sulfonamides is 1. The third-order valence-corrected chi connectivity index (χ3v) is 6.71. The quantitative estimate of drug-likeness (QED) is 0.594. The van der Waals surface area contributed by atoms with Crippen molar-refractivity contribution in [2.24, 2.45) is 0 Å². The minimum absolute atomic E-state index is 0.135. The summed E-state index contributed by atoms with van der Waals surface area (Å²) in [5, 5.41) is 3.91. The summed E-state index contributed by atoms with van der Waals surface area (Å²) in [7, 11) is -3.15. The van der Waals surface area contributed by atoms with Crippen molar-refractivity contribution in [3.63, 3.8) is 0 Å². The number of aryl methyl sites for hydroxylation is 1. The largest absolute Gasteiger partial charge is 0.345 e. The Hall–Kier alpha value is -2.34. The lowest BCUT2D eigenvalue weighted by molar-refractivity contribution is -0.117. The maximum atomic E-state index is 11.7. The number of aromatic nitrogens is 2. The summed E-state index contributed by atoms with van der Waals surface area (Å²) in [5.41, 5.74) is 1.71. The first-order chi connectivity index (χ1) is 14.3. The van der Waals surface area contributed by atoms with Gasteiger partial charge < -0.3 is 14.2 Å². The number of hydrogen-bond donors (Lipinski definition) is 0. The van der Waals surface area contributed by atoms with Crippen molar-refractivity contribution in [2.45, 2.75) is 19.3 Å². The number of benzene rings is 1. The summed E-state index contributed by atoms with van der Waals surface area (Å²) >= 11 is 0. The lowest BCUT2D eigenvalue weighted by Crippen LogP contribution is -2.50. The molecule has 4 rings (SSSR count). The number of hydrogen-bond acceptors (Lipinski definition) is 9. The number of aldehydes is 1. The van der Waals surface area contributed by atoms with Gasteiger partial charge in [0.1, 0.15) is 0 Å². The third-order valence-electron chi connectivity index (χ3n) is 5.40. The van der Waals surface area contributed by atoms with E-state index in [1.807, 2.05) is 29.2 Å². The van der Waals surface area contributed by atoms with Crippen LogP contribution in [-0.4, -0.2) is 91.9 Å². The highest BCUT2D eigenvalue weighted by Crippen LogP contribution is 2.27. The zero-order valence-electron chi connectivity index (χ0n) is 17.0. The molecule has 10 nitrogen and oxygen atoms in total. The first-order valence-corrected chi connectivity index (χ1v) is 11.6. The Kier molecular flexibility index (Phi) is 5.87. The van der Waals surface area contributed by atoms with Gasteiger partial charge in [-0.25, -0.2) is 8.42 Å². The van der Waals surface area contributed by atoms with E-state index in [-0.39, 0.29) is 6.10 Å². The number of piperazine rings is 1. The van der Waals surface area contributed by atoms with Crippen LogP contribution in [0.5, 0.6) is 0 Å². The second-order valence-corrected chi connectivity index (χ2v) is 9.57. The molecule has 2 unspecified atom stereocenters. The van der Waals surface area contributed by atoms with E-state index in [9.17, 15) is 13.2 Å². The van der Waals surface area contributed by atoms with Crippen LogP contribution in [0.3, 0.4) is 0 Å². The summed E-state index contributed by atoms with van der Waals surface area (Å²) in [5.74, 6) is 1.03. The summed E-state index contributed by atoms with van der Waals surface area (Å²) in [6.07, 6.45) is 1.26. The molecule has 1 aromatic carbocycles. The highest BCUT2D eigenvalue weighted by Gasteiger charge is 2.35. The molecule has 2 saturated heterocycles. The van der Waals surface area contributed by atoms with Crippen LogP contribution in [0.2, 0.25) is 0 Å². The van der Waals surface area contributed by atoms with E-state index in [2.05, 4.69) is 15.0 Å². The Balaban J connectivity index is 1.38. The van der Waals surface area contributed by atoms with E-state index in [1.54, 1.807) is 6.92 Å². The molecule has 2 aliphatic rings.